The first-order chi connectivity index (χ1) is 10.2. The Bertz CT molecular complexity index is 502. The molecule has 1 unspecified atom stereocenters. The predicted molar refractivity (Wildman–Crippen MR) is 82.0 cm³/mol. The minimum absolute atomic E-state index is 0.0247. The van der Waals surface area contributed by atoms with Crippen LogP contribution in [0.25, 0.3) is 0 Å². The molecule has 3 N–H and O–H groups in total. The Balaban J connectivity index is 1.70. The van der Waals surface area contributed by atoms with Gasteiger partial charge in [0.15, 0.2) is 0 Å². The number of aryl methyl sites for hydroxylation is 1. The van der Waals surface area contributed by atoms with Crippen molar-refractivity contribution in [1.29, 1.82) is 0 Å². The van der Waals surface area contributed by atoms with Gasteiger partial charge in [-0.15, -0.1) is 0 Å². The van der Waals surface area contributed by atoms with Crippen molar-refractivity contribution in [3.05, 3.63) is 35.4 Å². The van der Waals surface area contributed by atoms with Gasteiger partial charge in [-0.1, -0.05) is 31.2 Å². The van der Waals surface area contributed by atoms with Gasteiger partial charge in [-0.2, -0.15) is 0 Å². The number of amides is 3. The van der Waals surface area contributed by atoms with Gasteiger partial charge in [-0.25, -0.2) is 4.79 Å². The summed E-state index contributed by atoms with van der Waals surface area (Å²) >= 11 is 0. The lowest BCUT2D eigenvalue weighted by Crippen LogP contribution is -2.39. The number of nitrogens with one attached hydrogen (secondary N) is 3. The number of hydrogen-bond donors (Lipinski definition) is 3. The molecule has 0 radical (unpaired) electrons. The van der Waals surface area contributed by atoms with E-state index in [1.54, 1.807) is 0 Å². The average molecular weight is 289 g/mol. The Labute approximate surface area is 125 Å². The van der Waals surface area contributed by atoms with Crippen molar-refractivity contribution in [3.8, 4) is 0 Å². The van der Waals surface area contributed by atoms with Gasteiger partial charge in [0.25, 0.3) is 0 Å². The van der Waals surface area contributed by atoms with E-state index in [2.05, 4.69) is 28.1 Å². The molecule has 0 aliphatic heterocycles. The van der Waals surface area contributed by atoms with Gasteiger partial charge in [-0.3, -0.25) is 4.79 Å². The monoisotopic (exact) mass is 289 g/mol. The van der Waals surface area contributed by atoms with Gasteiger partial charge in [-0.05, 0) is 30.4 Å². The van der Waals surface area contributed by atoms with Crippen molar-refractivity contribution in [2.24, 2.45) is 0 Å². The van der Waals surface area contributed by atoms with Crippen LogP contribution in [0.4, 0.5) is 4.79 Å². The molecule has 114 valence electrons. The number of urea groups is 1. The van der Waals surface area contributed by atoms with E-state index in [1.165, 1.54) is 11.1 Å². The van der Waals surface area contributed by atoms with Gasteiger partial charge in [0.05, 0.1) is 6.04 Å². The fourth-order valence-corrected chi connectivity index (χ4v) is 2.56. The molecule has 0 saturated carbocycles. The number of rotatable bonds is 6. The summed E-state index contributed by atoms with van der Waals surface area (Å²) in [6, 6.07) is 8.05. The third-order valence-electron chi connectivity index (χ3n) is 3.65. The maximum absolute atomic E-state index is 11.9. The van der Waals surface area contributed by atoms with Gasteiger partial charge in [0, 0.05) is 19.5 Å². The highest BCUT2D eigenvalue weighted by Crippen LogP contribution is 2.30. The van der Waals surface area contributed by atoms with Crippen LogP contribution in [0.3, 0.4) is 0 Å². The molecule has 5 heteroatoms. The van der Waals surface area contributed by atoms with E-state index in [9.17, 15) is 9.59 Å². The Kier molecular flexibility index (Phi) is 5.60. The minimum atomic E-state index is -0.208. The summed E-state index contributed by atoms with van der Waals surface area (Å²) in [5, 5.41) is 8.49. The molecule has 0 saturated heterocycles. The van der Waals surface area contributed by atoms with Gasteiger partial charge >= 0.3 is 6.03 Å². The summed E-state index contributed by atoms with van der Waals surface area (Å²) in [6.07, 6.45) is 3.17. The van der Waals surface area contributed by atoms with Crippen LogP contribution in [0, 0.1) is 0 Å². The van der Waals surface area contributed by atoms with Gasteiger partial charge in [0.1, 0.15) is 0 Å². The van der Waals surface area contributed by atoms with Crippen molar-refractivity contribution in [3.63, 3.8) is 0 Å². The molecule has 0 heterocycles. The molecule has 1 aromatic carbocycles. The quantitative estimate of drug-likeness (QED) is 0.748. The fraction of sp³-hybridized carbons (Fsp3) is 0.500. The van der Waals surface area contributed by atoms with Crippen LogP contribution in [0.1, 0.15) is 43.4 Å². The molecule has 21 heavy (non-hydrogen) atoms. The molecule has 2 rings (SSSR count). The Morgan fingerprint density at radius 1 is 1.19 bits per heavy atom. The minimum Gasteiger partial charge on any atom is -0.356 e. The lowest BCUT2D eigenvalue weighted by atomic mass is 10.1. The summed E-state index contributed by atoms with van der Waals surface area (Å²) < 4.78 is 0. The first-order valence-corrected chi connectivity index (χ1v) is 7.59. The second-order valence-electron chi connectivity index (χ2n) is 5.29. The third-order valence-corrected chi connectivity index (χ3v) is 3.65. The molecule has 1 atom stereocenters. The van der Waals surface area contributed by atoms with E-state index in [1.807, 2.05) is 19.1 Å². The zero-order chi connectivity index (χ0) is 15.1. The number of fused-ring (bicyclic) bond motifs is 1. The highest BCUT2D eigenvalue weighted by Gasteiger charge is 2.23. The van der Waals surface area contributed by atoms with Crippen molar-refractivity contribution in [2.45, 2.75) is 38.6 Å². The Hall–Kier alpha value is -2.04. The first-order valence-electron chi connectivity index (χ1n) is 7.59. The van der Waals surface area contributed by atoms with Crippen LogP contribution in [0.5, 0.6) is 0 Å². The average Bonchev–Trinajstić information content (AvgIpc) is 2.88. The summed E-state index contributed by atoms with van der Waals surface area (Å²) in [5.41, 5.74) is 2.51. The molecule has 3 amide bonds. The van der Waals surface area contributed by atoms with Crippen molar-refractivity contribution >= 4 is 11.9 Å². The Morgan fingerprint density at radius 2 is 2.00 bits per heavy atom. The van der Waals surface area contributed by atoms with Crippen LogP contribution in [-0.4, -0.2) is 25.0 Å². The topological polar surface area (TPSA) is 70.2 Å². The summed E-state index contributed by atoms with van der Waals surface area (Å²) in [7, 11) is 0. The highest BCUT2D eigenvalue weighted by atomic mass is 16.2. The lowest BCUT2D eigenvalue weighted by molar-refractivity contribution is -0.120. The summed E-state index contributed by atoms with van der Waals surface area (Å²) in [6.45, 7) is 3.05. The standard InChI is InChI=1S/C16H23N3O2/c1-2-10-17-15(20)9-11-18-16(21)19-14-8-7-12-5-3-4-6-13(12)14/h3-6,14H,2,7-11H2,1H3,(H,17,20)(H2,18,19,21). The zero-order valence-electron chi connectivity index (χ0n) is 12.4. The predicted octanol–water partition coefficient (Wildman–Crippen LogP) is 1.89. The second-order valence-corrected chi connectivity index (χ2v) is 5.29. The maximum Gasteiger partial charge on any atom is 0.315 e. The van der Waals surface area contributed by atoms with Crippen LogP contribution in [-0.2, 0) is 11.2 Å². The molecule has 0 spiro atoms. The first kappa shape index (κ1) is 15.4. The third kappa shape index (κ3) is 4.48. The molecule has 1 aromatic rings. The van der Waals surface area contributed by atoms with E-state index < -0.39 is 0 Å². The van der Waals surface area contributed by atoms with E-state index >= 15 is 0 Å². The zero-order valence-corrected chi connectivity index (χ0v) is 12.4. The Morgan fingerprint density at radius 3 is 2.81 bits per heavy atom. The SMILES string of the molecule is CCCNC(=O)CCNC(=O)NC1CCc2ccccc21. The van der Waals surface area contributed by atoms with E-state index in [0.29, 0.717) is 19.5 Å². The smallest absolute Gasteiger partial charge is 0.315 e. The van der Waals surface area contributed by atoms with Crippen molar-refractivity contribution in [2.75, 3.05) is 13.1 Å². The van der Waals surface area contributed by atoms with Crippen molar-refractivity contribution in [1.82, 2.24) is 16.0 Å². The van der Waals surface area contributed by atoms with Crippen molar-refractivity contribution < 1.29 is 9.59 Å². The van der Waals surface area contributed by atoms with Crippen LogP contribution >= 0.6 is 0 Å². The molecule has 5 nitrogen and oxygen atoms in total. The van der Waals surface area contributed by atoms with Gasteiger partial charge < -0.3 is 16.0 Å². The summed E-state index contributed by atoms with van der Waals surface area (Å²) in [4.78, 5) is 23.3. The second kappa shape index (κ2) is 7.67. The number of carbonyl (C=O) groups is 2. The largest absolute Gasteiger partial charge is 0.356 e. The maximum atomic E-state index is 11.9. The van der Waals surface area contributed by atoms with Crippen LogP contribution in [0.2, 0.25) is 0 Å². The number of benzene rings is 1. The molecule has 0 bridgehead atoms. The molecule has 1 aliphatic rings. The molecule has 0 fully saturated rings. The number of hydrogen-bond acceptors (Lipinski definition) is 2. The van der Waals surface area contributed by atoms with Gasteiger partial charge in [0.2, 0.25) is 5.91 Å². The lowest BCUT2D eigenvalue weighted by Gasteiger charge is -2.14. The molecule has 1 aliphatic carbocycles. The fourth-order valence-electron chi connectivity index (χ4n) is 2.56. The highest BCUT2D eigenvalue weighted by molar-refractivity contribution is 5.78. The van der Waals surface area contributed by atoms with Crippen LogP contribution < -0.4 is 16.0 Å². The normalized spacial score (nSPS) is 16.1. The summed E-state index contributed by atoms with van der Waals surface area (Å²) in [5.74, 6) is -0.0247. The van der Waals surface area contributed by atoms with E-state index in [0.717, 1.165) is 19.3 Å². The molecular weight excluding hydrogens is 266 g/mol. The number of carbonyl (C=O) groups excluding carboxylic acids is 2. The van der Waals surface area contributed by atoms with E-state index in [-0.39, 0.29) is 18.0 Å². The van der Waals surface area contributed by atoms with E-state index in [4.69, 9.17) is 0 Å². The molecule has 0 aromatic heterocycles. The van der Waals surface area contributed by atoms with Crippen LogP contribution in [0.15, 0.2) is 24.3 Å². The molecular formula is C16H23N3O2.